The molecule has 0 unspecified atom stereocenters. The van der Waals surface area contributed by atoms with Crippen molar-refractivity contribution in [1.82, 2.24) is 0 Å². The second-order valence-corrected chi connectivity index (χ2v) is 5.01. The highest BCUT2D eigenvalue weighted by atomic mass is 79.9. The van der Waals surface area contributed by atoms with Gasteiger partial charge in [-0.2, -0.15) is 0 Å². The molecule has 0 spiro atoms. The fourth-order valence-corrected chi connectivity index (χ4v) is 2.55. The lowest BCUT2D eigenvalue weighted by Gasteiger charge is -2.14. The first-order valence-electron chi connectivity index (χ1n) is 4.27. The number of hydrogen-bond donors (Lipinski definition) is 0. The molecule has 0 aromatic rings. The average molecular weight is 271 g/mol. The fourth-order valence-electron chi connectivity index (χ4n) is 0.803. The van der Waals surface area contributed by atoms with Crippen LogP contribution in [0.4, 0.5) is 0 Å². The first-order valence-corrected chi connectivity index (χ1v) is 7.12. The van der Waals surface area contributed by atoms with Gasteiger partial charge in [0.15, 0.2) is 0 Å². The summed E-state index contributed by atoms with van der Waals surface area (Å²) in [6.45, 7) is 4.44. The van der Waals surface area contributed by atoms with Crippen molar-refractivity contribution < 1.29 is 13.6 Å². The first kappa shape index (κ1) is 13.4. The molecule has 0 amide bonds. The maximum atomic E-state index is 11.8. The topological polar surface area (TPSA) is 35.5 Å². The predicted octanol–water partition coefficient (Wildman–Crippen LogP) is 3.20. The maximum Gasteiger partial charge on any atom is 0.334 e. The minimum absolute atomic E-state index is 0.347. The molecule has 0 aromatic carbocycles. The fraction of sp³-hybridized carbons (Fsp3) is 0.750. The molecule has 0 aliphatic rings. The zero-order chi connectivity index (χ0) is 10.2. The van der Waals surface area contributed by atoms with Crippen LogP contribution in [0.5, 0.6) is 0 Å². The zero-order valence-electron chi connectivity index (χ0n) is 8.03. The average Bonchev–Trinajstić information content (AvgIpc) is 2.05. The van der Waals surface area contributed by atoms with E-state index in [4.69, 9.17) is 9.05 Å². The molecule has 0 bridgehead atoms. The van der Waals surface area contributed by atoms with E-state index in [0.717, 1.165) is 5.33 Å². The Morgan fingerprint density at radius 1 is 1.23 bits per heavy atom. The summed E-state index contributed by atoms with van der Waals surface area (Å²) in [7, 11) is -2.86. The second kappa shape index (κ2) is 7.74. The van der Waals surface area contributed by atoms with Gasteiger partial charge in [-0.05, 0) is 13.8 Å². The van der Waals surface area contributed by atoms with E-state index in [1.54, 1.807) is 19.9 Å². The monoisotopic (exact) mass is 270 g/mol. The molecule has 78 valence electrons. The van der Waals surface area contributed by atoms with Gasteiger partial charge in [0.1, 0.15) is 0 Å². The molecule has 0 fully saturated rings. The minimum Gasteiger partial charge on any atom is -0.309 e. The molecule has 13 heavy (non-hydrogen) atoms. The normalized spacial score (nSPS) is 12.5. The number of allylic oxidation sites excluding steroid dienone is 2. The second-order valence-electron chi connectivity index (χ2n) is 2.25. The summed E-state index contributed by atoms with van der Waals surface area (Å²) < 4.78 is 21.9. The van der Waals surface area contributed by atoms with Crippen molar-refractivity contribution in [3.8, 4) is 0 Å². The van der Waals surface area contributed by atoms with Crippen LogP contribution in [-0.2, 0) is 13.6 Å². The van der Waals surface area contributed by atoms with E-state index < -0.39 is 7.60 Å². The lowest BCUT2D eigenvalue weighted by molar-refractivity contribution is 0.222. The summed E-state index contributed by atoms with van der Waals surface area (Å²) in [5.74, 6) is 0. The Morgan fingerprint density at radius 2 is 1.77 bits per heavy atom. The molecule has 0 radical (unpaired) electrons. The van der Waals surface area contributed by atoms with Crippen molar-refractivity contribution in [3.05, 3.63) is 12.2 Å². The highest BCUT2D eigenvalue weighted by molar-refractivity contribution is 9.09. The molecule has 5 heteroatoms. The molecule has 0 saturated carbocycles. The maximum absolute atomic E-state index is 11.8. The number of rotatable bonds is 7. The van der Waals surface area contributed by atoms with E-state index in [-0.39, 0.29) is 0 Å². The van der Waals surface area contributed by atoms with Gasteiger partial charge in [-0.1, -0.05) is 28.1 Å². The Hall–Kier alpha value is 0.370. The molecule has 0 aromatic heterocycles. The molecule has 0 rings (SSSR count). The number of alkyl halides is 1. The molecule has 0 aliphatic heterocycles. The van der Waals surface area contributed by atoms with Gasteiger partial charge in [0.25, 0.3) is 0 Å². The third-order valence-electron chi connectivity index (χ3n) is 1.24. The molecule has 0 N–H and O–H groups in total. The summed E-state index contributed by atoms with van der Waals surface area (Å²) in [4.78, 5) is 0. The number of halogens is 1. The third kappa shape index (κ3) is 6.44. The van der Waals surface area contributed by atoms with Crippen LogP contribution in [-0.4, -0.2) is 24.7 Å². The van der Waals surface area contributed by atoms with Gasteiger partial charge >= 0.3 is 7.60 Å². The quantitative estimate of drug-likeness (QED) is 0.405. The zero-order valence-corrected chi connectivity index (χ0v) is 10.5. The Morgan fingerprint density at radius 3 is 2.15 bits per heavy atom. The Bertz CT molecular complexity index is 184. The van der Waals surface area contributed by atoms with Crippen LogP contribution in [0.2, 0.25) is 0 Å². The van der Waals surface area contributed by atoms with Crippen LogP contribution in [0.25, 0.3) is 0 Å². The smallest absolute Gasteiger partial charge is 0.309 e. The van der Waals surface area contributed by atoms with Crippen LogP contribution in [0.15, 0.2) is 12.2 Å². The van der Waals surface area contributed by atoms with Crippen molar-refractivity contribution in [2.45, 2.75) is 13.8 Å². The van der Waals surface area contributed by atoms with Gasteiger partial charge in [0.05, 0.1) is 19.4 Å². The SMILES string of the molecule is CCOP(=O)(C/C=C/CBr)OCC. The van der Waals surface area contributed by atoms with Gasteiger partial charge < -0.3 is 9.05 Å². The summed E-state index contributed by atoms with van der Waals surface area (Å²) >= 11 is 3.24. The lowest BCUT2D eigenvalue weighted by atomic mass is 10.6. The van der Waals surface area contributed by atoms with E-state index >= 15 is 0 Å². The van der Waals surface area contributed by atoms with Crippen LogP contribution in [0, 0.1) is 0 Å². The molecule has 0 atom stereocenters. The van der Waals surface area contributed by atoms with E-state index in [9.17, 15) is 4.57 Å². The van der Waals surface area contributed by atoms with Crippen molar-refractivity contribution >= 4 is 23.5 Å². The van der Waals surface area contributed by atoms with Crippen molar-refractivity contribution in [1.29, 1.82) is 0 Å². The van der Waals surface area contributed by atoms with Gasteiger partial charge in [-0.3, -0.25) is 4.57 Å². The lowest BCUT2D eigenvalue weighted by Crippen LogP contribution is -1.98. The van der Waals surface area contributed by atoms with Crippen molar-refractivity contribution in [2.75, 3.05) is 24.7 Å². The summed E-state index contributed by atoms with van der Waals surface area (Å²) in [6, 6.07) is 0. The molecule has 3 nitrogen and oxygen atoms in total. The van der Waals surface area contributed by atoms with E-state index in [2.05, 4.69) is 15.9 Å². The van der Waals surface area contributed by atoms with E-state index in [0.29, 0.717) is 19.4 Å². The first-order chi connectivity index (χ1) is 6.18. The minimum atomic E-state index is -2.86. The highest BCUT2D eigenvalue weighted by Crippen LogP contribution is 2.47. The van der Waals surface area contributed by atoms with Crippen LogP contribution < -0.4 is 0 Å². The third-order valence-corrected chi connectivity index (χ3v) is 3.57. The van der Waals surface area contributed by atoms with Crippen molar-refractivity contribution in [3.63, 3.8) is 0 Å². The van der Waals surface area contributed by atoms with Gasteiger partial charge in [0.2, 0.25) is 0 Å². The summed E-state index contributed by atoms with van der Waals surface area (Å²) in [5.41, 5.74) is 0. The van der Waals surface area contributed by atoms with Gasteiger partial charge in [0, 0.05) is 5.33 Å². The molecule has 0 aliphatic carbocycles. The summed E-state index contributed by atoms with van der Waals surface area (Å²) in [6.07, 6.45) is 4.03. The molecule has 0 heterocycles. The molecule has 0 saturated heterocycles. The molecular formula is C8H16BrO3P. The summed E-state index contributed by atoms with van der Waals surface area (Å²) in [5, 5.41) is 0.755. The van der Waals surface area contributed by atoms with Crippen molar-refractivity contribution in [2.24, 2.45) is 0 Å². The van der Waals surface area contributed by atoms with Crippen LogP contribution in [0.1, 0.15) is 13.8 Å². The highest BCUT2D eigenvalue weighted by Gasteiger charge is 2.20. The van der Waals surface area contributed by atoms with Gasteiger partial charge in [-0.25, -0.2) is 0 Å². The molecular weight excluding hydrogens is 255 g/mol. The standard InChI is InChI=1S/C8H16BrO3P/c1-3-11-13(10,12-4-2)8-6-5-7-9/h5-6H,3-4,7-8H2,1-2H3/b6-5+. The van der Waals surface area contributed by atoms with E-state index in [1.165, 1.54) is 0 Å². The Kier molecular flexibility index (Phi) is 7.96. The van der Waals surface area contributed by atoms with Crippen LogP contribution >= 0.6 is 23.5 Å². The Balaban J connectivity index is 4.07. The number of hydrogen-bond acceptors (Lipinski definition) is 3. The predicted molar refractivity (Wildman–Crippen MR) is 58.7 cm³/mol. The Labute approximate surface area is 88.2 Å². The van der Waals surface area contributed by atoms with E-state index in [1.807, 2.05) is 6.08 Å². The largest absolute Gasteiger partial charge is 0.334 e. The van der Waals surface area contributed by atoms with Crippen LogP contribution in [0.3, 0.4) is 0 Å². The van der Waals surface area contributed by atoms with Gasteiger partial charge in [-0.15, -0.1) is 0 Å².